The van der Waals surface area contributed by atoms with E-state index in [2.05, 4.69) is 0 Å². The quantitative estimate of drug-likeness (QED) is 0.671. The fraction of sp³-hybridized carbons (Fsp3) is 0.381. The number of morpholine rings is 1. The summed E-state index contributed by atoms with van der Waals surface area (Å²) in [5, 5.41) is 0. The van der Waals surface area contributed by atoms with E-state index in [4.69, 9.17) is 9.47 Å². The summed E-state index contributed by atoms with van der Waals surface area (Å²) in [6.07, 6.45) is 0. The number of hydrogen-bond donors (Lipinski definition) is 0. The van der Waals surface area contributed by atoms with Gasteiger partial charge in [0.25, 0.3) is 0 Å². The lowest BCUT2D eigenvalue weighted by atomic mass is 10.1. The molecule has 7 nitrogen and oxygen atoms in total. The average molecular weight is 419 g/mol. The van der Waals surface area contributed by atoms with E-state index in [-0.39, 0.29) is 17.1 Å². The van der Waals surface area contributed by atoms with Crippen LogP contribution in [0.3, 0.4) is 0 Å². The van der Waals surface area contributed by atoms with Gasteiger partial charge in [0.15, 0.2) is 0 Å². The highest BCUT2D eigenvalue weighted by molar-refractivity contribution is 7.89. The summed E-state index contributed by atoms with van der Waals surface area (Å²) in [6.45, 7) is 4.44. The molecule has 0 bridgehead atoms. The zero-order valence-electron chi connectivity index (χ0n) is 16.9. The standard InChI is InChI=1S/C21H26N2O5S/c1-16-5-4-6-17(13-16)15-28-21(24)19-14-18(29(25,26)22(2)3)7-8-20(19)23-9-11-27-12-10-23/h4-8,13-14H,9-12,15H2,1-3H3. The molecule has 1 aliphatic rings. The van der Waals surface area contributed by atoms with E-state index in [9.17, 15) is 13.2 Å². The van der Waals surface area contributed by atoms with Gasteiger partial charge in [-0.05, 0) is 30.7 Å². The Morgan fingerprint density at radius 2 is 1.86 bits per heavy atom. The summed E-state index contributed by atoms with van der Waals surface area (Å²) in [7, 11) is -0.752. The first kappa shape index (κ1) is 21.3. The zero-order valence-corrected chi connectivity index (χ0v) is 17.7. The lowest BCUT2D eigenvalue weighted by molar-refractivity contribution is 0.0472. The van der Waals surface area contributed by atoms with Crippen molar-refractivity contribution in [3.63, 3.8) is 0 Å². The third kappa shape index (κ3) is 4.95. The first-order valence-electron chi connectivity index (χ1n) is 9.41. The Hall–Kier alpha value is -2.42. The second kappa shape index (κ2) is 8.94. The van der Waals surface area contributed by atoms with E-state index in [1.807, 2.05) is 36.1 Å². The number of aryl methyl sites for hydroxylation is 1. The molecule has 1 fully saturated rings. The van der Waals surface area contributed by atoms with Crippen LogP contribution in [0.5, 0.6) is 0 Å². The van der Waals surface area contributed by atoms with E-state index in [1.165, 1.54) is 26.2 Å². The Labute approximate surface area is 171 Å². The summed E-state index contributed by atoms with van der Waals surface area (Å²) < 4.78 is 37.1. The van der Waals surface area contributed by atoms with E-state index >= 15 is 0 Å². The molecule has 0 spiro atoms. The first-order chi connectivity index (χ1) is 13.8. The number of ether oxygens (including phenoxy) is 2. The van der Waals surface area contributed by atoms with Gasteiger partial charge in [-0.25, -0.2) is 17.5 Å². The molecule has 0 unspecified atom stereocenters. The number of nitrogens with zero attached hydrogens (tertiary/aromatic N) is 2. The van der Waals surface area contributed by atoms with Crippen molar-refractivity contribution in [3.05, 3.63) is 59.2 Å². The summed E-state index contributed by atoms with van der Waals surface area (Å²) in [4.78, 5) is 15.0. The van der Waals surface area contributed by atoms with Crippen LogP contribution in [-0.4, -0.2) is 59.1 Å². The van der Waals surface area contributed by atoms with Crippen LogP contribution in [0.1, 0.15) is 21.5 Å². The van der Waals surface area contributed by atoms with Crippen LogP contribution in [0.2, 0.25) is 0 Å². The number of carbonyl (C=O) groups excluding carboxylic acids is 1. The van der Waals surface area contributed by atoms with Gasteiger partial charge in [0.2, 0.25) is 10.0 Å². The second-order valence-corrected chi connectivity index (χ2v) is 9.28. The predicted molar refractivity (Wildman–Crippen MR) is 111 cm³/mol. The molecule has 1 aliphatic heterocycles. The number of sulfonamides is 1. The molecule has 2 aromatic rings. The zero-order chi connectivity index (χ0) is 21.0. The van der Waals surface area contributed by atoms with Crippen LogP contribution in [0.25, 0.3) is 0 Å². The van der Waals surface area contributed by atoms with Gasteiger partial charge >= 0.3 is 5.97 Å². The average Bonchev–Trinajstić information content (AvgIpc) is 2.72. The van der Waals surface area contributed by atoms with Crippen molar-refractivity contribution in [1.82, 2.24) is 4.31 Å². The van der Waals surface area contributed by atoms with E-state index in [0.717, 1.165) is 15.4 Å². The molecule has 0 aliphatic carbocycles. The van der Waals surface area contributed by atoms with Crippen LogP contribution < -0.4 is 4.90 Å². The normalized spacial score (nSPS) is 14.8. The minimum absolute atomic E-state index is 0.0574. The van der Waals surface area contributed by atoms with Crippen molar-refractivity contribution >= 4 is 21.7 Å². The van der Waals surface area contributed by atoms with E-state index < -0.39 is 16.0 Å². The summed E-state index contributed by atoms with van der Waals surface area (Å²) in [6, 6.07) is 12.3. The number of esters is 1. The van der Waals surface area contributed by atoms with Gasteiger partial charge in [-0.2, -0.15) is 0 Å². The SMILES string of the molecule is Cc1cccc(COC(=O)c2cc(S(=O)(=O)N(C)C)ccc2N2CCOCC2)c1. The molecule has 156 valence electrons. The Morgan fingerprint density at radius 3 is 2.52 bits per heavy atom. The molecule has 0 N–H and O–H groups in total. The maximum Gasteiger partial charge on any atom is 0.340 e. The van der Waals surface area contributed by atoms with Gasteiger partial charge in [0, 0.05) is 27.2 Å². The Kier molecular flexibility index (Phi) is 6.56. The lowest BCUT2D eigenvalue weighted by Gasteiger charge is -2.30. The smallest absolute Gasteiger partial charge is 0.340 e. The minimum Gasteiger partial charge on any atom is -0.457 e. The molecule has 29 heavy (non-hydrogen) atoms. The molecule has 0 amide bonds. The highest BCUT2D eigenvalue weighted by Crippen LogP contribution is 2.27. The summed E-state index contributed by atoms with van der Waals surface area (Å²) in [5.74, 6) is -0.552. The van der Waals surface area contributed by atoms with Gasteiger partial charge in [0.05, 0.1) is 29.4 Å². The summed E-state index contributed by atoms with van der Waals surface area (Å²) in [5.41, 5.74) is 2.85. The number of hydrogen-bond acceptors (Lipinski definition) is 6. The van der Waals surface area contributed by atoms with Crippen molar-refractivity contribution in [2.45, 2.75) is 18.4 Å². The molecule has 1 heterocycles. The second-order valence-electron chi connectivity index (χ2n) is 7.13. The van der Waals surface area contributed by atoms with Crippen molar-refractivity contribution < 1.29 is 22.7 Å². The minimum atomic E-state index is -3.67. The molecule has 0 atom stereocenters. The lowest BCUT2D eigenvalue weighted by Crippen LogP contribution is -2.37. The van der Waals surface area contributed by atoms with Gasteiger partial charge < -0.3 is 14.4 Å². The van der Waals surface area contributed by atoms with Gasteiger partial charge in [-0.1, -0.05) is 29.8 Å². The molecule has 0 radical (unpaired) electrons. The molecule has 0 saturated carbocycles. The number of anilines is 1. The number of carbonyl (C=O) groups is 1. The van der Waals surface area contributed by atoms with Crippen LogP contribution >= 0.6 is 0 Å². The predicted octanol–water partition coefficient (Wildman–Crippen LogP) is 2.44. The third-order valence-corrected chi connectivity index (χ3v) is 6.58. The maximum absolute atomic E-state index is 12.9. The Balaban J connectivity index is 1.92. The maximum atomic E-state index is 12.9. The highest BCUT2D eigenvalue weighted by atomic mass is 32.2. The van der Waals surface area contributed by atoms with Crippen molar-refractivity contribution in [1.29, 1.82) is 0 Å². The van der Waals surface area contributed by atoms with Gasteiger partial charge in [-0.3, -0.25) is 0 Å². The largest absolute Gasteiger partial charge is 0.457 e. The van der Waals surface area contributed by atoms with Crippen LogP contribution in [0.15, 0.2) is 47.4 Å². The monoisotopic (exact) mass is 418 g/mol. The van der Waals surface area contributed by atoms with Crippen molar-refractivity contribution in [2.75, 3.05) is 45.3 Å². The van der Waals surface area contributed by atoms with E-state index in [0.29, 0.717) is 32.0 Å². The first-order valence-corrected chi connectivity index (χ1v) is 10.8. The van der Waals surface area contributed by atoms with E-state index in [1.54, 1.807) is 6.07 Å². The molecule has 3 rings (SSSR count). The topological polar surface area (TPSA) is 76.2 Å². The Bertz CT molecular complexity index is 982. The van der Waals surface area contributed by atoms with Gasteiger partial charge in [0.1, 0.15) is 6.61 Å². The molecule has 2 aromatic carbocycles. The van der Waals surface area contributed by atoms with Crippen LogP contribution in [0, 0.1) is 6.92 Å². The molecule has 1 saturated heterocycles. The highest BCUT2D eigenvalue weighted by Gasteiger charge is 2.25. The molecule has 8 heteroatoms. The molecular formula is C21H26N2O5S. The molecule has 0 aromatic heterocycles. The fourth-order valence-corrected chi connectivity index (χ4v) is 4.09. The summed E-state index contributed by atoms with van der Waals surface area (Å²) >= 11 is 0. The number of benzene rings is 2. The fourth-order valence-electron chi connectivity index (χ4n) is 3.16. The van der Waals surface area contributed by atoms with Crippen LogP contribution in [-0.2, 0) is 26.1 Å². The third-order valence-electron chi connectivity index (χ3n) is 4.77. The van der Waals surface area contributed by atoms with Gasteiger partial charge in [-0.15, -0.1) is 0 Å². The molecular weight excluding hydrogens is 392 g/mol. The van der Waals surface area contributed by atoms with Crippen LogP contribution in [0.4, 0.5) is 5.69 Å². The number of rotatable bonds is 6. The van der Waals surface area contributed by atoms with Crippen molar-refractivity contribution in [3.8, 4) is 0 Å². The van der Waals surface area contributed by atoms with Crippen molar-refractivity contribution in [2.24, 2.45) is 0 Å². The Morgan fingerprint density at radius 1 is 1.14 bits per heavy atom.